The topological polar surface area (TPSA) is 59.1 Å². The molecule has 5 nitrogen and oxygen atoms in total. The molecule has 0 aliphatic heterocycles. The molecule has 0 bridgehead atoms. The summed E-state index contributed by atoms with van der Waals surface area (Å²) >= 11 is 5.91. The average Bonchev–Trinajstić information content (AvgIpc) is 3.00. The lowest BCUT2D eigenvalue weighted by molar-refractivity contribution is 0.289. The third-order valence-electron chi connectivity index (χ3n) is 4.68. The van der Waals surface area contributed by atoms with Crippen molar-refractivity contribution in [3.05, 3.63) is 83.4 Å². The zero-order chi connectivity index (χ0) is 20.2. The van der Waals surface area contributed by atoms with Crippen LogP contribution in [0.4, 0.5) is 11.4 Å². The number of nitrogens with zero attached hydrogens (tertiary/aromatic N) is 3. The molecule has 3 aromatic carbocycles. The second kappa shape index (κ2) is 8.37. The number of aryl methyl sites for hydroxylation is 1. The Morgan fingerprint density at radius 1 is 0.931 bits per heavy atom. The Bertz CT molecular complexity index is 1170. The smallest absolute Gasteiger partial charge is 0.220 e. The van der Waals surface area contributed by atoms with Crippen LogP contribution in [0.5, 0.6) is 11.6 Å². The van der Waals surface area contributed by atoms with Crippen LogP contribution < -0.4 is 4.74 Å². The molecule has 0 radical (unpaired) electrons. The summed E-state index contributed by atoms with van der Waals surface area (Å²) in [5, 5.41) is 20.8. The highest BCUT2D eigenvalue weighted by molar-refractivity contribution is 6.30. The Hall–Kier alpha value is -3.31. The molecule has 146 valence electrons. The van der Waals surface area contributed by atoms with Crippen molar-refractivity contribution >= 4 is 33.9 Å². The molecule has 0 saturated heterocycles. The number of aromatic nitrogens is 1. The summed E-state index contributed by atoms with van der Waals surface area (Å²) in [5.41, 5.74) is 3.05. The van der Waals surface area contributed by atoms with Gasteiger partial charge in [0, 0.05) is 10.4 Å². The van der Waals surface area contributed by atoms with Gasteiger partial charge in [0.15, 0.2) is 5.69 Å². The molecule has 1 aromatic heterocycles. The Morgan fingerprint density at radius 2 is 1.66 bits per heavy atom. The molecule has 4 aromatic rings. The summed E-state index contributed by atoms with van der Waals surface area (Å²) in [6, 6.07) is 22.6. The van der Waals surface area contributed by atoms with Crippen LogP contribution in [0, 0.1) is 6.92 Å². The first-order valence-corrected chi connectivity index (χ1v) is 9.67. The highest BCUT2D eigenvalue weighted by Gasteiger charge is 2.16. The maximum absolute atomic E-state index is 10.8. The second-order valence-electron chi connectivity index (χ2n) is 6.63. The number of hydrogen-bond donors (Lipinski definition) is 1. The third-order valence-corrected chi connectivity index (χ3v) is 4.93. The molecule has 0 aliphatic rings. The number of ether oxygens (including phenoxy) is 1. The van der Waals surface area contributed by atoms with E-state index in [1.165, 1.54) is 0 Å². The quantitative estimate of drug-likeness (QED) is 0.358. The SMILES string of the molecule is Cc1ccccc1OCCn1c(O)c(N=Nc2ccc(Cl)cc2)c2ccccc21. The molecular weight excluding hydrogens is 386 g/mol. The molecule has 0 aliphatic carbocycles. The van der Waals surface area contributed by atoms with Gasteiger partial charge in [0.05, 0.1) is 17.7 Å². The molecule has 0 saturated carbocycles. The lowest BCUT2D eigenvalue weighted by Gasteiger charge is -2.11. The van der Waals surface area contributed by atoms with E-state index in [1.807, 2.05) is 55.5 Å². The molecule has 0 spiro atoms. The summed E-state index contributed by atoms with van der Waals surface area (Å²) in [6.07, 6.45) is 0. The highest BCUT2D eigenvalue weighted by Crippen LogP contribution is 2.39. The van der Waals surface area contributed by atoms with Crippen molar-refractivity contribution in [2.45, 2.75) is 13.5 Å². The number of para-hydroxylation sites is 2. The average molecular weight is 406 g/mol. The second-order valence-corrected chi connectivity index (χ2v) is 7.07. The number of aromatic hydroxyl groups is 1. The summed E-state index contributed by atoms with van der Waals surface area (Å²) in [5.74, 6) is 0.906. The van der Waals surface area contributed by atoms with Crippen LogP contribution in [-0.4, -0.2) is 16.3 Å². The first-order valence-electron chi connectivity index (χ1n) is 9.29. The van der Waals surface area contributed by atoms with Gasteiger partial charge < -0.3 is 14.4 Å². The lowest BCUT2D eigenvalue weighted by atomic mass is 10.2. The van der Waals surface area contributed by atoms with Crippen LogP contribution in [0.3, 0.4) is 0 Å². The summed E-state index contributed by atoms with van der Waals surface area (Å²) in [6.45, 7) is 2.91. The van der Waals surface area contributed by atoms with Crippen molar-refractivity contribution in [2.24, 2.45) is 10.2 Å². The minimum absolute atomic E-state index is 0.0669. The third kappa shape index (κ3) is 4.10. The van der Waals surface area contributed by atoms with Crippen LogP contribution in [0.2, 0.25) is 5.02 Å². The van der Waals surface area contributed by atoms with Gasteiger partial charge in [-0.25, -0.2) is 0 Å². The molecule has 6 heteroatoms. The fraction of sp³-hybridized carbons (Fsp3) is 0.130. The Morgan fingerprint density at radius 3 is 2.45 bits per heavy atom. The number of azo groups is 1. The van der Waals surface area contributed by atoms with Crippen molar-refractivity contribution in [3.63, 3.8) is 0 Å². The largest absolute Gasteiger partial charge is 0.493 e. The van der Waals surface area contributed by atoms with Crippen LogP contribution in [0.1, 0.15) is 5.56 Å². The minimum atomic E-state index is 0.0669. The van der Waals surface area contributed by atoms with E-state index in [9.17, 15) is 5.11 Å². The van der Waals surface area contributed by atoms with Crippen LogP contribution in [0.15, 0.2) is 83.0 Å². The molecule has 4 rings (SSSR count). The van der Waals surface area contributed by atoms with Gasteiger partial charge in [0.2, 0.25) is 5.88 Å². The maximum Gasteiger partial charge on any atom is 0.220 e. The van der Waals surface area contributed by atoms with E-state index in [1.54, 1.807) is 28.8 Å². The Labute approximate surface area is 173 Å². The maximum atomic E-state index is 10.8. The molecule has 0 amide bonds. The molecular formula is C23H20ClN3O2. The fourth-order valence-electron chi connectivity index (χ4n) is 3.18. The molecule has 29 heavy (non-hydrogen) atoms. The molecule has 0 unspecified atom stereocenters. The van der Waals surface area contributed by atoms with Crippen molar-refractivity contribution in [3.8, 4) is 11.6 Å². The Balaban J connectivity index is 1.60. The van der Waals surface area contributed by atoms with E-state index in [2.05, 4.69) is 10.2 Å². The first-order chi connectivity index (χ1) is 14.1. The zero-order valence-corrected chi connectivity index (χ0v) is 16.7. The Kier molecular flexibility index (Phi) is 5.49. The normalized spacial score (nSPS) is 11.4. The first kappa shape index (κ1) is 19.0. The zero-order valence-electron chi connectivity index (χ0n) is 15.9. The van der Waals surface area contributed by atoms with Gasteiger partial charge in [0.1, 0.15) is 12.4 Å². The predicted octanol–water partition coefficient (Wildman–Crippen LogP) is 6.80. The molecule has 0 fully saturated rings. The highest BCUT2D eigenvalue weighted by atomic mass is 35.5. The van der Waals surface area contributed by atoms with Gasteiger partial charge in [-0.2, -0.15) is 5.11 Å². The fourth-order valence-corrected chi connectivity index (χ4v) is 3.30. The number of hydrogen-bond acceptors (Lipinski definition) is 4. The van der Waals surface area contributed by atoms with Gasteiger partial charge in [-0.3, -0.25) is 0 Å². The van der Waals surface area contributed by atoms with Gasteiger partial charge in [0.25, 0.3) is 0 Å². The van der Waals surface area contributed by atoms with Gasteiger partial charge in [-0.15, -0.1) is 5.11 Å². The summed E-state index contributed by atoms with van der Waals surface area (Å²) < 4.78 is 7.69. The predicted molar refractivity (Wildman–Crippen MR) is 116 cm³/mol. The summed E-state index contributed by atoms with van der Waals surface area (Å²) in [4.78, 5) is 0. The standard InChI is InChI=1S/C23H20ClN3O2/c1-16-6-2-5-9-21(16)29-15-14-27-20-8-4-3-7-19(20)22(23(27)28)26-25-18-12-10-17(24)11-13-18/h2-13,28H,14-15H2,1H3. The van der Waals surface area contributed by atoms with Crippen molar-refractivity contribution in [2.75, 3.05) is 6.61 Å². The van der Waals surface area contributed by atoms with Crippen LogP contribution in [-0.2, 0) is 6.54 Å². The monoisotopic (exact) mass is 405 g/mol. The van der Waals surface area contributed by atoms with Crippen molar-refractivity contribution in [1.29, 1.82) is 0 Å². The van der Waals surface area contributed by atoms with E-state index in [0.29, 0.717) is 29.5 Å². The van der Waals surface area contributed by atoms with Crippen molar-refractivity contribution < 1.29 is 9.84 Å². The van der Waals surface area contributed by atoms with Gasteiger partial charge in [-0.05, 0) is 48.9 Å². The van der Waals surface area contributed by atoms with Crippen molar-refractivity contribution in [1.82, 2.24) is 4.57 Å². The van der Waals surface area contributed by atoms with Gasteiger partial charge in [-0.1, -0.05) is 48.0 Å². The van der Waals surface area contributed by atoms with E-state index >= 15 is 0 Å². The van der Waals surface area contributed by atoms with Crippen LogP contribution >= 0.6 is 11.6 Å². The van der Waals surface area contributed by atoms with Gasteiger partial charge >= 0.3 is 0 Å². The molecule has 0 atom stereocenters. The number of benzene rings is 3. The number of rotatable bonds is 6. The lowest BCUT2D eigenvalue weighted by Crippen LogP contribution is -2.08. The molecule has 1 N–H and O–H groups in total. The molecule has 1 heterocycles. The summed E-state index contributed by atoms with van der Waals surface area (Å²) in [7, 11) is 0. The van der Waals surface area contributed by atoms with E-state index < -0.39 is 0 Å². The number of halogens is 1. The van der Waals surface area contributed by atoms with E-state index in [0.717, 1.165) is 22.2 Å². The van der Waals surface area contributed by atoms with Crippen LogP contribution in [0.25, 0.3) is 10.9 Å². The van der Waals surface area contributed by atoms with E-state index in [-0.39, 0.29) is 5.88 Å². The minimum Gasteiger partial charge on any atom is -0.493 e. The number of fused-ring (bicyclic) bond motifs is 1. The van der Waals surface area contributed by atoms with E-state index in [4.69, 9.17) is 16.3 Å².